The molecule has 48 valence electrons. The van der Waals surface area contributed by atoms with Gasteiger partial charge in [-0.25, -0.2) is 0 Å². The molecule has 0 amide bonds. The van der Waals surface area contributed by atoms with E-state index in [-0.39, 0.29) is 6.61 Å². The van der Waals surface area contributed by atoms with Crippen LogP contribution in [0.25, 0.3) is 0 Å². The Morgan fingerprint density at radius 2 is 2.50 bits per heavy atom. The minimum atomic E-state index is -2.74. The molecule has 1 N–H and O–H groups in total. The van der Waals surface area contributed by atoms with Crippen LogP contribution in [0.4, 0.5) is 0 Å². The zero-order chi connectivity index (χ0) is 6.57. The van der Waals surface area contributed by atoms with Crippen molar-refractivity contribution in [3.05, 3.63) is 12.2 Å². The molecule has 0 aliphatic rings. The van der Waals surface area contributed by atoms with Gasteiger partial charge in [-0.2, -0.15) is 0 Å². The van der Waals surface area contributed by atoms with Crippen molar-refractivity contribution in [3.8, 4) is 0 Å². The van der Waals surface area contributed by atoms with E-state index in [9.17, 15) is 4.57 Å². The molecule has 0 bridgehead atoms. The first-order valence-electron chi connectivity index (χ1n) is 2.13. The van der Waals surface area contributed by atoms with Crippen molar-refractivity contribution in [3.63, 3.8) is 0 Å². The number of hydrogen-bond acceptors (Lipinski definition) is 2. The lowest BCUT2D eigenvalue weighted by Gasteiger charge is -1.95. The second-order valence-electron chi connectivity index (χ2n) is 1.51. The lowest BCUT2D eigenvalue weighted by Crippen LogP contribution is -1.84. The zero-order valence-electron chi connectivity index (χ0n) is 4.68. The quantitative estimate of drug-likeness (QED) is 0.464. The van der Waals surface area contributed by atoms with Crippen LogP contribution in [0.15, 0.2) is 12.2 Å². The Bertz CT molecular complexity index is 95.9. The maximum absolute atomic E-state index is 9.83. The van der Waals surface area contributed by atoms with Gasteiger partial charge in [0, 0.05) is 0 Å². The van der Waals surface area contributed by atoms with Crippen molar-refractivity contribution >= 4 is 8.25 Å². The third-order valence-electron chi connectivity index (χ3n) is 0.442. The summed E-state index contributed by atoms with van der Waals surface area (Å²) < 4.78 is 14.1. The van der Waals surface area contributed by atoms with Crippen LogP contribution >= 0.6 is 8.25 Å². The molecule has 0 rings (SSSR count). The monoisotopic (exact) mass is 136 g/mol. The third-order valence-corrected chi connectivity index (χ3v) is 0.833. The molecule has 0 radical (unpaired) electrons. The predicted octanol–water partition coefficient (Wildman–Crippen LogP) is 0.961. The highest BCUT2D eigenvalue weighted by Gasteiger charge is 1.89. The Kier molecular flexibility index (Phi) is 3.79. The van der Waals surface area contributed by atoms with Gasteiger partial charge in [-0.1, -0.05) is 12.2 Å². The predicted molar refractivity (Wildman–Crippen MR) is 32.0 cm³/mol. The van der Waals surface area contributed by atoms with Crippen molar-refractivity contribution in [1.82, 2.24) is 0 Å². The minimum Gasteiger partial charge on any atom is -0.326 e. The van der Waals surface area contributed by atoms with Crippen LogP contribution in [0.5, 0.6) is 0 Å². The van der Waals surface area contributed by atoms with Crippen LogP contribution in [0, 0.1) is 0 Å². The maximum atomic E-state index is 9.83. The summed E-state index contributed by atoms with van der Waals surface area (Å²) in [5.41, 5.74) is 0.748. The van der Waals surface area contributed by atoms with Gasteiger partial charge >= 0.3 is 8.25 Å². The van der Waals surface area contributed by atoms with E-state index >= 15 is 0 Å². The van der Waals surface area contributed by atoms with Crippen molar-refractivity contribution in [2.75, 3.05) is 6.61 Å². The molecule has 3 nitrogen and oxygen atoms in total. The van der Waals surface area contributed by atoms with Gasteiger partial charge in [0.25, 0.3) is 0 Å². The highest BCUT2D eigenvalue weighted by Crippen LogP contribution is 2.14. The molecule has 0 heterocycles. The van der Waals surface area contributed by atoms with Crippen LogP contribution < -0.4 is 0 Å². The number of hydrogen-bond donors (Lipinski definition) is 1. The Morgan fingerprint density at radius 3 is 2.62 bits per heavy atom. The summed E-state index contributed by atoms with van der Waals surface area (Å²) in [6.45, 7) is 5.37. The van der Waals surface area contributed by atoms with Gasteiger partial charge in [-0.05, 0) is 6.92 Å². The molecule has 0 aromatic rings. The molecule has 1 atom stereocenters. The Balaban J connectivity index is 3.18. The van der Waals surface area contributed by atoms with Crippen molar-refractivity contribution < 1.29 is 14.0 Å². The SMILES string of the molecule is C=C(C)CO[PH](=O)O. The standard InChI is InChI=1S/C4H9O3P/c1-4(2)3-7-8(5)6/h8H,1,3H2,2H3,(H,5,6). The van der Waals surface area contributed by atoms with Gasteiger partial charge < -0.3 is 9.42 Å². The van der Waals surface area contributed by atoms with E-state index in [1.54, 1.807) is 6.92 Å². The normalized spacial score (nSPS) is 13.2. The fourth-order valence-electron chi connectivity index (χ4n) is 0.185. The summed E-state index contributed by atoms with van der Waals surface area (Å²) in [6, 6.07) is 0. The molecule has 0 aliphatic heterocycles. The van der Waals surface area contributed by atoms with Crippen LogP contribution in [-0.2, 0) is 9.09 Å². The largest absolute Gasteiger partial charge is 0.326 e. The Labute approximate surface area is 48.9 Å². The molecule has 8 heavy (non-hydrogen) atoms. The number of rotatable bonds is 3. The van der Waals surface area contributed by atoms with E-state index in [1.807, 2.05) is 0 Å². The second kappa shape index (κ2) is 3.84. The van der Waals surface area contributed by atoms with Crippen molar-refractivity contribution in [2.45, 2.75) is 6.92 Å². The maximum Gasteiger partial charge on any atom is 0.316 e. The first kappa shape index (κ1) is 7.89. The van der Waals surface area contributed by atoms with Gasteiger partial charge in [0.1, 0.15) is 0 Å². The molecular weight excluding hydrogens is 127 g/mol. The molecule has 0 aliphatic carbocycles. The zero-order valence-corrected chi connectivity index (χ0v) is 5.68. The molecule has 0 saturated carbocycles. The molecular formula is C4H9O3P. The van der Waals surface area contributed by atoms with Gasteiger partial charge in [0.05, 0.1) is 6.61 Å². The van der Waals surface area contributed by atoms with E-state index in [0.29, 0.717) is 0 Å². The average molecular weight is 136 g/mol. The van der Waals surface area contributed by atoms with Crippen LogP contribution in [0.2, 0.25) is 0 Å². The summed E-state index contributed by atoms with van der Waals surface area (Å²) in [6.07, 6.45) is 0. The Morgan fingerprint density at radius 1 is 2.00 bits per heavy atom. The van der Waals surface area contributed by atoms with Crippen molar-refractivity contribution in [2.24, 2.45) is 0 Å². The van der Waals surface area contributed by atoms with Gasteiger partial charge in [-0.15, -0.1) is 0 Å². The highest BCUT2D eigenvalue weighted by molar-refractivity contribution is 7.32. The second-order valence-corrected chi connectivity index (χ2v) is 2.33. The fourth-order valence-corrected chi connectivity index (χ4v) is 0.555. The van der Waals surface area contributed by atoms with Gasteiger partial charge in [0.15, 0.2) is 0 Å². The fraction of sp³-hybridized carbons (Fsp3) is 0.500. The molecule has 4 heteroatoms. The summed E-state index contributed by atoms with van der Waals surface area (Å²) in [4.78, 5) is 8.08. The topological polar surface area (TPSA) is 46.5 Å². The molecule has 0 spiro atoms. The Hall–Kier alpha value is -0.110. The van der Waals surface area contributed by atoms with E-state index in [0.717, 1.165) is 5.57 Å². The molecule has 0 fully saturated rings. The van der Waals surface area contributed by atoms with Crippen molar-refractivity contribution in [1.29, 1.82) is 0 Å². The van der Waals surface area contributed by atoms with E-state index in [4.69, 9.17) is 4.89 Å². The van der Waals surface area contributed by atoms with Crippen LogP contribution in [0.1, 0.15) is 6.92 Å². The molecule has 0 saturated heterocycles. The third kappa shape index (κ3) is 5.89. The molecule has 1 unspecified atom stereocenters. The summed E-state index contributed by atoms with van der Waals surface area (Å²) in [5, 5.41) is 0. The molecule has 0 aromatic carbocycles. The first-order valence-corrected chi connectivity index (χ1v) is 3.39. The van der Waals surface area contributed by atoms with Crippen LogP contribution in [-0.4, -0.2) is 11.5 Å². The summed E-state index contributed by atoms with van der Waals surface area (Å²) in [7, 11) is -2.74. The lowest BCUT2D eigenvalue weighted by atomic mass is 10.4. The van der Waals surface area contributed by atoms with Gasteiger partial charge in [0.2, 0.25) is 0 Å². The smallest absolute Gasteiger partial charge is 0.316 e. The minimum absolute atomic E-state index is 0.175. The highest BCUT2D eigenvalue weighted by atomic mass is 31.1. The average Bonchev–Trinajstić information content (AvgIpc) is 1.61. The van der Waals surface area contributed by atoms with E-state index in [2.05, 4.69) is 11.1 Å². The summed E-state index contributed by atoms with van der Waals surface area (Å²) in [5.74, 6) is 0. The summed E-state index contributed by atoms with van der Waals surface area (Å²) >= 11 is 0. The molecule has 0 aromatic heterocycles. The van der Waals surface area contributed by atoms with E-state index in [1.165, 1.54) is 0 Å². The van der Waals surface area contributed by atoms with Crippen LogP contribution in [0.3, 0.4) is 0 Å². The first-order chi connectivity index (χ1) is 3.63. The van der Waals surface area contributed by atoms with Gasteiger partial charge in [-0.3, -0.25) is 4.57 Å². The van der Waals surface area contributed by atoms with E-state index < -0.39 is 8.25 Å². The lowest BCUT2D eigenvalue weighted by molar-refractivity contribution is 0.306.